The van der Waals surface area contributed by atoms with Gasteiger partial charge in [-0.25, -0.2) is 23.1 Å². The van der Waals surface area contributed by atoms with Gasteiger partial charge in [0.2, 0.25) is 5.95 Å². The fraction of sp³-hybridized carbons (Fsp3) is 0.208. The molecule has 0 radical (unpaired) electrons. The van der Waals surface area contributed by atoms with Crippen LogP contribution >= 0.6 is 0 Å². The molecule has 2 N–H and O–H groups in total. The summed E-state index contributed by atoms with van der Waals surface area (Å²) >= 11 is 0. The minimum atomic E-state index is -3.87. The van der Waals surface area contributed by atoms with E-state index in [9.17, 15) is 13.2 Å². The minimum Gasteiger partial charge on any atom is -0.337 e. The van der Waals surface area contributed by atoms with Gasteiger partial charge in [-0.15, -0.1) is 0 Å². The Kier molecular flexibility index (Phi) is 5.90. The van der Waals surface area contributed by atoms with E-state index >= 15 is 0 Å². The molecule has 0 bridgehead atoms. The molecular weight excluding hydrogens is 438 g/mol. The summed E-state index contributed by atoms with van der Waals surface area (Å²) in [4.78, 5) is 21.4. The number of hydrogen-bond donors (Lipinski definition) is 2. The molecule has 170 valence electrons. The molecule has 2 heterocycles. The third kappa shape index (κ3) is 4.45. The Morgan fingerprint density at radius 3 is 2.24 bits per heavy atom. The van der Waals surface area contributed by atoms with Gasteiger partial charge in [-0.2, -0.15) is 0 Å². The van der Waals surface area contributed by atoms with Crippen molar-refractivity contribution >= 4 is 38.5 Å². The Morgan fingerprint density at radius 1 is 0.970 bits per heavy atom. The molecule has 4 rings (SSSR count). The van der Waals surface area contributed by atoms with Gasteiger partial charge in [0.15, 0.2) is 0 Å². The molecule has 0 spiro atoms. The fourth-order valence-corrected chi connectivity index (χ4v) is 4.90. The van der Waals surface area contributed by atoms with Crippen LogP contribution in [0.2, 0.25) is 0 Å². The lowest BCUT2D eigenvalue weighted by Crippen LogP contribution is -2.18. The van der Waals surface area contributed by atoms with E-state index in [-0.39, 0.29) is 16.8 Å². The highest BCUT2D eigenvalue weighted by atomic mass is 32.2. The summed E-state index contributed by atoms with van der Waals surface area (Å²) in [6, 6.07) is 15.6. The summed E-state index contributed by atoms with van der Waals surface area (Å²) in [6.45, 7) is 8.11. The van der Waals surface area contributed by atoms with Crippen molar-refractivity contribution in [2.75, 3.05) is 10.0 Å². The number of amides is 1. The summed E-state index contributed by atoms with van der Waals surface area (Å²) in [6.07, 6.45) is 0. The first-order valence-electron chi connectivity index (χ1n) is 10.5. The Morgan fingerprint density at radius 2 is 1.61 bits per heavy atom. The Bertz CT molecular complexity index is 1440. The van der Waals surface area contributed by atoms with Crippen molar-refractivity contribution in [2.24, 2.45) is 0 Å². The molecule has 0 saturated carbocycles. The van der Waals surface area contributed by atoms with Gasteiger partial charge < -0.3 is 9.88 Å². The van der Waals surface area contributed by atoms with E-state index in [1.807, 2.05) is 42.7 Å². The third-order valence-corrected chi connectivity index (χ3v) is 6.73. The zero-order valence-electron chi connectivity index (χ0n) is 18.9. The maximum Gasteiger partial charge on any atom is 0.272 e. The first-order valence-corrected chi connectivity index (χ1v) is 12.0. The largest absolute Gasteiger partial charge is 0.337 e. The van der Waals surface area contributed by atoms with Gasteiger partial charge in [0.1, 0.15) is 5.69 Å². The average Bonchev–Trinajstić information content (AvgIpc) is 3.05. The SMILES string of the molecule is CCn1c(C(=O)Nc2ccc(S(=O)(=O)Nc3nc(C)cc(C)n3)cc2)c(C)c2ccccc21. The second kappa shape index (κ2) is 8.67. The number of nitrogens with zero attached hydrogens (tertiary/aromatic N) is 3. The predicted molar refractivity (Wildman–Crippen MR) is 129 cm³/mol. The van der Waals surface area contributed by atoms with Crippen molar-refractivity contribution in [1.82, 2.24) is 14.5 Å². The first kappa shape index (κ1) is 22.5. The number of aromatic nitrogens is 3. The maximum absolute atomic E-state index is 13.1. The third-order valence-electron chi connectivity index (χ3n) is 5.39. The van der Waals surface area contributed by atoms with Gasteiger partial charge >= 0.3 is 0 Å². The van der Waals surface area contributed by atoms with E-state index in [4.69, 9.17) is 0 Å². The molecule has 2 aromatic carbocycles. The molecule has 4 aromatic rings. The van der Waals surface area contributed by atoms with Crippen molar-refractivity contribution in [3.05, 3.63) is 77.2 Å². The number of sulfonamides is 1. The lowest BCUT2D eigenvalue weighted by Gasteiger charge is -2.11. The molecule has 0 atom stereocenters. The second-order valence-corrected chi connectivity index (χ2v) is 9.48. The lowest BCUT2D eigenvalue weighted by atomic mass is 10.1. The highest BCUT2D eigenvalue weighted by Gasteiger charge is 2.20. The Labute approximate surface area is 192 Å². The highest BCUT2D eigenvalue weighted by molar-refractivity contribution is 7.92. The molecule has 0 saturated heterocycles. The molecule has 0 aliphatic carbocycles. The van der Waals surface area contributed by atoms with E-state index in [1.54, 1.807) is 32.0 Å². The van der Waals surface area contributed by atoms with Crippen LogP contribution in [0, 0.1) is 20.8 Å². The van der Waals surface area contributed by atoms with E-state index in [0.29, 0.717) is 29.3 Å². The number of benzene rings is 2. The molecule has 2 aromatic heterocycles. The number of anilines is 2. The number of hydrogen-bond acceptors (Lipinski definition) is 5. The van der Waals surface area contributed by atoms with Gasteiger partial charge in [0.05, 0.1) is 4.90 Å². The van der Waals surface area contributed by atoms with Gasteiger partial charge in [0, 0.05) is 34.5 Å². The summed E-state index contributed by atoms with van der Waals surface area (Å²) < 4.78 is 29.8. The smallest absolute Gasteiger partial charge is 0.272 e. The van der Waals surface area contributed by atoms with Gasteiger partial charge in [-0.3, -0.25) is 4.79 Å². The summed E-state index contributed by atoms with van der Waals surface area (Å²) in [5, 5.41) is 3.91. The second-order valence-electron chi connectivity index (χ2n) is 7.79. The number of carbonyl (C=O) groups excluding carboxylic acids is 1. The predicted octanol–water partition coefficient (Wildman–Crippen LogP) is 4.43. The molecule has 9 heteroatoms. The number of nitrogens with one attached hydrogen (secondary N) is 2. The Hall–Kier alpha value is -3.72. The van der Waals surface area contributed by atoms with Crippen LogP contribution in [-0.4, -0.2) is 28.9 Å². The maximum atomic E-state index is 13.1. The average molecular weight is 464 g/mol. The van der Waals surface area contributed by atoms with E-state index in [0.717, 1.165) is 16.5 Å². The van der Waals surface area contributed by atoms with Crippen molar-refractivity contribution in [1.29, 1.82) is 0 Å². The van der Waals surface area contributed by atoms with Gasteiger partial charge in [-0.05, 0) is 69.7 Å². The van der Waals surface area contributed by atoms with Crippen LogP contribution in [-0.2, 0) is 16.6 Å². The number of para-hydroxylation sites is 1. The topological polar surface area (TPSA) is 106 Å². The van der Waals surface area contributed by atoms with E-state index < -0.39 is 10.0 Å². The lowest BCUT2D eigenvalue weighted by molar-refractivity contribution is 0.101. The number of rotatable bonds is 6. The zero-order chi connectivity index (χ0) is 23.8. The van der Waals surface area contributed by atoms with Gasteiger partial charge in [-0.1, -0.05) is 18.2 Å². The van der Waals surface area contributed by atoms with E-state index in [1.165, 1.54) is 12.1 Å². The van der Waals surface area contributed by atoms with Crippen LogP contribution < -0.4 is 10.0 Å². The first-order chi connectivity index (χ1) is 15.7. The number of carbonyl (C=O) groups is 1. The zero-order valence-corrected chi connectivity index (χ0v) is 19.7. The summed E-state index contributed by atoms with van der Waals surface area (Å²) in [7, 11) is -3.87. The quantitative estimate of drug-likeness (QED) is 0.440. The van der Waals surface area contributed by atoms with Crippen LogP contribution in [0.5, 0.6) is 0 Å². The van der Waals surface area contributed by atoms with Crippen LogP contribution in [0.15, 0.2) is 59.5 Å². The summed E-state index contributed by atoms with van der Waals surface area (Å²) in [5.41, 5.74) is 4.32. The molecule has 33 heavy (non-hydrogen) atoms. The molecule has 8 nitrogen and oxygen atoms in total. The van der Waals surface area contributed by atoms with Crippen LogP contribution in [0.25, 0.3) is 10.9 Å². The van der Waals surface area contributed by atoms with E-state index in [2.05, 4.69) is 20.0 Å². The molecular formula is C24H25N5O3S. The van der Waals surface area contributed by atoms with Crippen LogP contribution in [0.1, 0.15) is 34.4 Å². The molecule has 0 aliphatic rings. The minimum absolute atomic E-state index is 0.0211. The molecule has 1 amide bonds. The van der Waals surface area contributed by atoms with Crippen molar-refractivity contribution in [3.63, 3.8) is 0 Å². The number of fused-ring (bicyclic) bond motifs is 1. The van der Waals surface area contributed by atoms with Crippen LogP contribution in [0.4, 0.5) is 11.6 Å². The monoisotopic (exact) mass is 463 g/mol. The standard InChI is InChI=1S/C24H25N5O3S/c1-5-29-21-9-7-6-8-20(21)17(4)22(29)23(30)27-18-10-12-19(13-11-18)33(31,32)28-24-25-15(2)14-16(3)26-24/h6-14H,5H2,1-4H3,(H,27,30)(H,25,26,28). The molecule has 0 fully saturated rings. The highest BCUT2D eigenvalue weighted by Crippen LogP contribution is 2.26. The number of aryl methyl sites for hydroxylation is 4. The fourth-order valence-electron chi connectivity index (χ4n) is 3.96. The Balaban J connectivity index is 1.56. The summed E-state index contributed by atoms with van der Waals surface area (Å²) in [5.74, 6) is -0.226. The van der Waals surface area contributed by atoms with Crippen molar-refractivity contribution in [2.45, 2.75) is 39.1 Å². The van der Waals surface area contributed by atoms with Crippen LogP contribution in [0.3, 0.4) is 0 Å². The molecule has 0 unspecified atom stereocenters. The van der Waals surface area contributed by atoms with Gasteiger partial charge in [0.25, 0.3) is 15.9 Å². The van der Waals surface area contributed by atoms with Crippen molar-refractivity contribution in [3.8, 4) is 0 Å². The molecule has 0 aliphatic heterocycles. The van der Waals surface area contributed by atoms with Crippen molar-refractivity contribution < 1.29 is 13.2 Å². The normalized spacial score (nSPS) is 11.5.